The highest BCUT2D eigenvalue weighted by Gasteiger charge is 2.04. The molecule has 0 fully saturated rings. The van der Waals surface area contributed by atoms with E-state index in [4.69, 9.17) is 5.21 Å². The first-order valence-electron chi connectivity index (χ1n) is 2.19. The van der Waals surface area contributed by atoms with E-state index in [1.54, 1.807) is 14.1 Å². The second kappa shape index (κ2) is 2.52. The Bertz CT molecular complexity index is 80.0. The standard InChI is InChI=1S/C4H10N2O2/c1-5(2)4(7)6(3)8/h8H,1-3H3. The van der Waals surface area contributed by atoms with Crippen molar-refractivity contribution in [3.05, 3.63) is 0 Å². The molecule has 0 bridgehead atoms. The van der Waals surface area contributed by atoms with Crippen molar-refractivity contribution in [1.29, 1.82) is 0 Å². The molecule has 0 unspecified atom stereocenters. The molecule has 0 aliphatic carbocycles. The third-order valence-corrected chi connectivity index (χ3v) is 0.659. The van der Waals surface area contributed by atoms with Gasteiger partial charge in [0.05, 0.1) is 0 Å². The van der Waals surface area contributed by atoms with Crippen LogP contribution in [-0.4, -0.2) is 42.3 Å². The predicted molar refractivity (Wildman–Crippen MR) is 28.6 cm³/mol. The number of urea groups is 1. The number of nitrogens with zero attached hydrogens (tertiary/aromatic N) is 2. The van der Waals surface area contributed by atoms with Crippen molar-refractivity contribution >= 4 is 6.03 Å². The average Bonchev–Trinajstić information content (AvgIpc) is 1.64. The molecule has 0 rings (SSSR count). The van der Waals surface area contributed by atoms with Gasteiger partial charge in [-0.05, 0) is 0 Å². The Labute approximate surface area is 48.3 Å². The van der Waals surface area contributed by atoms with Crippen molar-refractivity contribution in [2.45, 2.75) is 0 Å². The molecule has 0 saturated carbocycles. The summed E-state index contributed by atoms with van der Waals surface area (Å²) in [5.74, 6) is 0. The third kappa shape index (κ3) is 1.79. The second-order valence-corrected chi connectivity index (χ2v) is 1.70. The fourth-order valence-corrected chi connectivity index (χ4v) is 0.289. The lowest BCUT2D eigenvalue weighted by molar-refractivity contribution is -0.0288. The summed E-state index contributed by atoms with van der Waals surface area (Å²) in [6, 6.07) is -0.426. The van der Waals surface area contributed by atoms with Crippen LogP contribution in [0.15, 0.2) is 0 Å². The van der Waals surface area contributed by atoms with Gasteiger partial charge in [-0.3, -0.25) is 5.21 Å². The molecule has 0 atom stereocenters. The van der Waals surface area contributed by atoms with Crippen molar-refractivity contribution < 1.29 is 10.0 Å². The van der Waals surface area contributed by atoms with Crippen LogP contribution in [0.3, 0.4) is 0 Å². The SMILES string of the molecule is CN(C)C(=O)N(C)O. The van der Waals surface area contributed by atoms with Crippen LogP contribution in [0.1, 0.15) is 0 Å². The smallest absolute Gasteiger partial charge is 0.329 e. The van der Waals surface area contributed by atoms with Crippen LogP contribution in [-0.2, 0) is 0 Å². The summed E-state index contributed by atoms with van der Waals surface area (Å²) >= 11 is 0. The van der Waals surface area contributed by atoms with E-state index in [1.807, 2.05) is 0 Å². The first kappa shape index (κ1) is 7.23. The number of amides is 2. The molecule has 0 spiro atoms. The van der Waals surface area contributed by atoms with E-state index in [0.717, 1.165) is 0 Å². The molecule has 0 aromatic rings. The summed E-state index contributed by atoms with van der Waals surface area (Å²) in [4.78, 5) is 11.7. The Morgan fingerprint density at radius 2 is 1.75 bits per heavy atom. The third-order valence-electron chi connectivity index (χ3n) is 0.659. The van der Waals surface area contributed by atoms with Gasteiger partial charge < -0.3 is 4.90 Å². The molecular formula is C4H10N2O2. The summed E-state index contributed by atoms with van der Waals surface area (Å²) in [6.07, 6.45) is 0. The molecule has 48 valence electrons. The van der Waals surface area contributed by atoms with E-state index >= 15 is 0 Å². The van der Waals surface area contributed by atoms with E-state index in [-0.39, 0.29) is 0 Å². The summed E-state index contributed by atoms with van der Waals surface area (Å²) in [7, 11) is 4.41. The Kier molecular flexibility index (Phi) is 2.27. The van der Waals surface area contributed by atoms with Crippen molar-refractivity contribution in [1.82, 2.24) is 9.96 Å². The van der Waals surface area contributed by atoms with Gasteiger partial charge in [-0.15, -0.1) is 0 Å². The average molecular weight is 118 g/mol. The van der Waals surface area contributed by atoms with Crippen molar-refractivity contribution in [3.63, 3.8) is 0 Å². The lowest BCUT2D eigenvalue weighted by Gasteiger charge is -2.14. The molecule has 1 N–H and O–H groups in total. The fourth-order valence-electron chi connectivity index (χ4n) is 0.289. The van der Waals surface area contributed by atoms with Gasteiger partial charge in [-0.2, -0.15) is 0 Å². The minimum absolute atomic E-state index is 0.426. The highest BCUT2D eigenvalue weighted by Crippen LogP contribution is 1.82. The first-order valence-corrected chi connectivity index (χ1v) is 2.19. The lowest BCUT2D eigenvalue weighted by Crippen LogP contribution is -2.33. The maximum atomic E-state index is 10.4. The molecule has 2 amide bonds. The van der Waals surface area contributed by atoms with Gasteiger partial charge in [0.25, 0.3) is 0 Å². The zero-order chi connectivity index (χ0) is 6.73. The van der Waals surface area contributed by atoms with Crippen LogP contribution in [0.4, 0.5) is 4.79 Å². The van der Waals surface area contributed by atoms with E-state index in [9.17, 15) is 4.79 Å². The summed E-state index contributed by atoms with van der Waals surface area (Å²) in [5.41, 5.74) is 0. The molecule has 0 aliphatic rings. The van der Waals surface area contributed by atoms with Gasteiger partial charge in [-0.25, -0.2) is 9.86 Å². The van der Waals surface area contributed by atoms with E-state index in [1.165, 1.54) is 11.9 Å². The summed E-state index contributed by atoms with van der Waals surface area (Å²) in [6.45, 7) is 0. The van der Waals surface area contributed by atoms with E-state index in [2.05, 4.69) is 0 Å². The number of hydrogen-bond acceptors (Lipinski definition) is 2. The van der Waals surface area contributed by atoms with Crippen LogP contribution < -0.4 is 0 Å². The monoisotopic (exact) mass is 118 g/mol. The zero-order valence-corrected chi connectivity index (χ0v) is 5.25. The Morgan fingerprint density at radius 1 is 1.38 bits per heavy atom. The zero-order valence-electron chi connectivity index (χ0n) is 5.25. The number of carbonyl (C=O) groups excluding carboxylic acids is 1. The maximum Gasteiger partial charge on any atom is 0.342 e. The fraction of sp³-hybridized carbons (Fsp3) is 0.750. The van der Waals surface area contributed by atoms with Gasteiger partial charge in [0.15, 0.2) is 0 Å². The van der Waals surface area contributed by atoms with Crippen LogP contribution in [0, 0.1) is 0 Å². The van der Waals surface area contributed by atoms with Gasteiger partial charge >= 0.3 is 6.03 Å². The molecule has 0 aromatic carbocycles. The highest BCUT2D eigenvalue weighted by molar-refractivity contribution is 5.71. The molecule has 0 heterocycles. The second-order valence-electron chi connectivity index (χ2n) is 1.70. The number of hydrogen-bond donors (Lipinski definition) is 1. The first-order chi connectivity index (χ1) is 3.55. The van der Waals surface area contributed by atoms with Crippen LogP contribution >= 0.6 is 0 Å². The number of hydroxylamine groups is 2. The molecule has 4 heteroatoms. The predicted octanol–water partition coefficient (Wildman–Crippen LogP) is -0.0110. The molecule has 8 heavy (non-hydrogen) atoms. The van der Waals surface area contributed by atoms with E-state index in [0.29, 0.717) is 5.06 Å². The van der Waals surface area contributed by atoms with Crippen LogP contribution in [0.25, 0.3) is 0 Å². The maximum absolute atomic E-state index is 10.4. The molecule has 0 radical (unpaired) electrons. The molecule has 4 nitrogen and oxygen atoms in total. The quantitative estimate of drug-likeness (QED) is 0.359. The van der Waals surface area contributed by atoms with E-state index < -0.39 is 6.03 Å². The van der Waals surface area contributed by atoms with Gasteiger partial charge in [-0.1, -0.05) is 0 Å². The highest BCUT2D eigenvalue weighted by atomic mass is 16.5. The Morgan fingerprint density at radius 3 is 1.75 bits per heavy atom. The lowest BCUT2D eigenvalue weighted by atomic mass is 10.8. The molecule has 0 aromatic heterocycles. The van der Waals surface area contributed by atoms with Crippen molar-refractivity contribution in [2.24, 2.45) is 0 Å². The number of rotatable bonds is 0. The molecule has 0 saturated heterocycles. The van der Waals surface area contributed by atoms with Gasteiger partial charge in [0, 0.05) is 21.1 Å². The Balaban J connectivity index is 3.65. The van der Waals surface area contributed by atoms with Gasteiger partial charge in [0.1, 0.15) is 0 Å². The molecular weight excluding hydrogens is 108 g/mol. The normalized spacial score (nSPS) is 8.50. The summed E-state index contributed by atoms with van der Waals surface area (Å²) < 4.78 is 0. The Hall–Kier alpha value is -0.770. The van der Waals surface area contributed by atoms with Crippen LogP contribution in [0.5, 0.6) is 0 Å². The topological polar surface area (TPSA) is 43.8 Å². The summed E-state index contributed by atoms with van der Waals surface area (Å²) in [5, 5.41) is 8.96. The molecule has 0 aliphatic heterocycles. The largest absolute Gasteiger partial charge is 0.342 e. The number of carbonyl (C=O) groups is 1. The minimum atomic E-state index is -0.426. The minimum Gasteiger partial charge on any atom is -0.329 e. The van der Waals surface area contributed by atoms with Crippen molar-refractivity contribution in [3.8, 4) is 0 Å². The van der Waals surface area contributed by atoms with Crippen molar-refractivity contribution in [2.75, 3.05) is 21.1 Å². The van der Waals surface area contributed by atoms with Gasteiger partial charge in [0.2, 0.25) is 0 Å². The van der Waals surface area contributed by atoms with Crippen LogP contribution in [0.2, 0.25) is 0 Å².